The average molecular weight is 402 g/mol. The number of ether oxygens (including phenoxy) is 1. The summed E-state index contributed by atoms with van der Waals surface area (Å²) in [6, 6.07) is 10.6. The molecule has 0 saturated heterocycles. The fourth-order valence-electron chi connectivity index (χ4n) is 1.73. The van der Waals surface area contributed by atoms with Gasteiger partial charge in [-0.1, -0.05) is 45.2 Å². The van der Waals surface area contributed by atoms with Gasteiger partial charge in [-0.3, -0.25) is 0 Å². The summed E-state index contributed by atoms with van der Waals surface area (Å²) in [5, 5.41) is 9.68. The average Bonchev–Trinajstić information content (AvgIpc) is 2.47. The van der Waals surface area contributed by atoms with Crippen molar-refractivity contribution in [3.05, 3.63) is 68.1 Å². The van der Waals surface area contributed by atoms with Crippen LogP contribution < -0.4 is 4.74 Å². The van der Waals surface area contributed by atoms with Gasteiger partial charge in [-0.2, -0.15) is 0 Å². The van der Waals surface area contributed by atoms with Crippen LogP contribution in [0, 0.1) is 0 Å². The Balaban J connectivity index is 2.18. The molecule has 0 aliphatic heterocycles. The first-order valence-electron chi connectivity index (χ1n) is 6.23. The summed E-state index contributed by atoms with van der Waals surface area (Å²) in [6.07, 6.45) is 2.55. The molecule has 0 amide bonds. The van der Waals surface area contributed by atoms with Gasteiger partial charge in [0.25, 0.3) is 0 Å². The highest BCUT2D eigenvalue weighted by molar-refractivity contribution is 9.10. The largest absolute Gasteiger partial charge is 0.488 e. The molecule has 0 aromatic heterocycles. The van der Waals surface area contributed by atoms with Crippen molar-refractivity contribution in [3.63, 3.8) is 0 Å². The van der Waals surface area contributed by atoms with E-state index in [9.17, 15) is 4.79 Å². The lowest BCUT2D eigenvalue weighted by molar-refractivity contribution is -0.131. The summed E-state index contributed by atoms with van der Waals surface area (Å²) in [4.78, 5) is 10.7. The predicted molar refractivity (Wildman–Crippen MR) is 91.6 cm³/mol. The highest BCUT2D eigenvalue weighted by Crippen LogP contribution is 2.27. The molecule has 0 spiro atoms. The standard InChI is InChI=1S/C16H11BrCl2O3/c17-12-3-5-15(11(8-12)2-6-16(20)21)22-9-10-1-4-13(18)14(19)7-10/h1-8H,9H2,(H,20,21). The van der Waals surface area contributed by atoms with Crippen LogP contribution in [0.1, 0.15) is 11.1 Å². The molecule has 0 aliphatic carbocycles. The predicted octanol–water partition coefficient (Wildman–Crippen LogP) is 5.43. The Kier molecular flexibility index (Phi) is 5.89. The summed E-state index contributed by atoms with van der Waals surface area (Å²) in [6.45, 7) is 0.298. The number of carboxylic acid groups (broad SMARTS) is 1. The zero-order valence-corrected chi connectivity index (χ0v) is 14.3. The van der Waals surface area contributed by atoms with E-state index in [0.29, 0.717) is 28.0 Å². The first-order chi connectivity index (χ1) is 10.5. The third kappa shape index (κ3) is 4.77. The number of carbonyl (C=O) groups is 1. The van der Waals surface area contributed by atoms with Gasteiger partial charge in [0.05, 0.1) is 10.0 Å². The van der Waals surface area contributed by atoms with Gasteiger partial charge in [0, 0.05) is 16.1 Å². The summed E-state index contributed by atoms with van der Waals surface area (Å²) < 4.78 is 6.57. The maximum Gasteiger partial charge on any atom is 0.328 e. The third-order valence-corrected chi connectivity index (χ3v) is 3.99. The number of hydrogen-bond donors (Lipinski definition) is 1. The molecule has 0 radical (unpaired) electrons. The zero-order chi connectivity index (χ0) is 16.1. The lowest BCUT2D eigenvalue weighted by Gasteiger charge is -2.10. The number of hydrogen-bond acceptors (Lipinski definition) is 2. The van der Waals surface area contributed by atoms with Gasteiger partial charge in [0.15, 0.2) is 0 Å². The second-order valence-corrected chi connectivity index (χ2v) is 6.12. The van der Waals surface area contributed by atoms with E-state index in [-0.39, 0.29) is 0 Å². The molecule has 22 heavy (non-hydrogen) atoms. The van der Waals surface area contributed by atoms with Crippen molar-refractivity contribution in [2.45, 2.75) is 6.61 Å². The van der Waals surface area contributed by atoms with Crippen LogP contribution in [0.5, 0.6) is 5.75 Å². The number of benzene rings is 2. The summed E-state index contributed by atoms with van der Waals surface area (Å²) in [5.74, 6) is -0.442. The molecule has 3 nitrogen and oxygen atoms in total. The molecule has 114 valence electrons. The van der Waals surface area contributed by atoms with Gasteiger partial charge in [-0.15, -0.1) is 0 Å². The number of halogens is 3. The zero-order valence-electron chi connectivity index (χ0n) is 11.2. The Labute approximate surface area is 146 Å². The fraction of sp³-hybridized carbons (Fsp3) is 0.0625. The highest BCUT2D eigenvalue weighted by atomic mass is 79.9. The monoisotopic (exact) mass is 400 g/mol. The Hall–Kier alpha value is -1.49. The normalized spacial score (nSPS) is 10.9. The van der Waals surface area contributed by atoms with Crippen molar-refractivity contribution in [1.82, 2.24) is 0 Å². The molecule has 0 atom stereocenters. The maximum atomic E-state index is 10.7. The topological polar surface area (TPSA) is 46.5 Å². The second-order valence-electron chi connectivity index (χ2n) is 4.39. The highest BCUT2D eigenvalue weighted by Gasteiger charge is 2.05. The van der Waals surface area contributed by atoms with Gasteiger partial charge >= 0.3 is 5.97 Å². The minimum Gasteiger partial charge on any atom is -0.488 e. The van der Waals surface area contributed by atoms with Crippen LogP contribution in [0.25, 0.3) is 6.08 Å². The molecule has 1 N–H and O–H groups in total. The van der Waals surface area contributed by atoms with Gasteiger partial charge in [0.1, 0.15) is 12.4 Å². The van der Waals surface area contributed by atoms with Crippen molar-refractivity contribution >= 4 is 51.2 Å². The van der Waals surface area contributed by atoms with E-state index in [1.54, 1.807) is 24.3 Å². The third-order valence-electron chi connectivity index (χ3n) is 2.76. The van der Waals surface area contributed by atoms with Gasteiger partial charge in [0.2, 0.25) is 0 Å². The molecule has 0 heterocycles. The summed E-state index contributed by atoms with van der Waals surface area (Å²) >= 11 is 15.2. The van der Waals surface area contributed by atoms with E-state index in [2.05, 4.69) is 15.9 Å². The van der Waals surface area contributed by atoms with Gasteiger partial charge < -0.3 is 9.84 Å². The van der Waals surface area contributed by atoms with Crippen LogP contribution in [0.4, 0.5) is 0 Å². The SMILES string of the molecule is O=C(O)C=Cc1cc(Br)ccc1OCc1ccc(Cl)c(Cl)c1. The molecule has 0 aliphatic rings. The Morgan fingerprint density at radius 3 is 2.64 bits per heavy atom. The Morgan fingerprint density at radius 1 is 1.18 bits per heavy atom. The molecule has 6 heteroatoms. The minimum atomic E-state index is -1.02. The van der Waals surface area contributed by atoms with Crippen LogP contribution in [0.3, 0.4) is 0 Å². The molecular formula is C16H11BrCl2O3. The quantitative estimate of drug-likeness (QED) is 0.679. The Morgan fingerprint density at radius 2 is 1.95 bits per heavy atom. The van der Waals surface area contributed by atoms with Crippen LogP contribution in [-0.2, 0) is 11.4 Å². The summed E-state index contributed by atoms with van der Waals surface area (Å²) in [5.41, 5.74) is 1.53. The molecule has 2 aromatic carbocycles. The molecule has 0 saturated carbocycles. The van der Waals surface area contributed by atoms with Crippen LogP contribution in [0.2, 0.25) is 10.0 Å². The lowest BCUT2D eigenvalue weighted by atomic mass is 10.2. The smallest absolute Gasteiger partial charge is 0.328 e. The second kappa shape index (κ2) is 7.68. The van der Waals surface area contributed by atoms with E-state index in [1.807, 2.05) is 12.1 Å². The molecule has 0 fully saturated rings. The van der Waals surface area contributed by atoms with E-state index in [1.165, 1.54) is 6.08 Å². The first kappa shape index (κ1) is 16.9. The number of rotatable bonds is 5. The van der Waals surface area contributed by atoms with E-state index in [0.717, 1.165) is 16.1 Å². The van der Waals surface area contributed by atoms with E-state index < -0.39 is 5.97 Å². The fourth-order valence-corrected chi connectivity index (χ4v) is 2.43. The van der Waals surface area contributed by atoms with Gasteiger partial charge in [-0.25, -0.2) is 4.79 Å². The van der Waals surface area contributed by atoms with Crippen LogP contribution in [0.15, 0.2) is 46.9 Å². The van der Waals surface area contributed by atoms with Crippen molar-refractivity contribution in [3.8, 4) is 5.75 Å². The van der Waals surface area contributed by atoms with Crippen LogP contribution in [-0.4, -0.2) is 11.1 Å². The van der Waals surface area contributed by atoms with Crippen molar-refractivity contribution in [2.24, 2.45) is 0 Å². The van der Waals surface area contributed by atoms with Gasteiger partial charge in [-0.05, 0) is 42.0 Å². The van der Waals surface area contributed by atoms with Crippen molar-refractivity contribution in [2.75, 3.05) is 0 Å². The molecule has 2 rings (SSSR count). The first-order valence-corrected chi connectivity index (χ1v) is 7.78. The maximum absolute atomic E-state index is 10.7. The van der Waals surface area contributed by atoms with Crippen molar-refractivity contribution in [1.29, 1.82) is 0 Å². The number of aliphatic carboxylic acids is 1. The lowest BCUT2D eigenvalue weighted by Crippen LogP contribution is -1.97. The Bertz CT molecular complexity index is 729. The van der Waals surface area contributed by atoms with Crippen molar-refractivity contribution < 1.29 is 14.6 Å². The molecule has 0 unspecified atom stereocenters. The van der Waals surface area contributed by atoms with E-state index >= 15 is 0 Å². The van der Waals surface area contributed by atoms with Crippen LogP contribution >= 0.6 is 39.1 Å². The van der Waals surface area contributed by atoms with E-state index in [4.69, 9.17) is 33.0 Å². The summed E-state index contributed by atoms with van der Waals surface area (Å²) in [7, 11) is 0. The minimum absolute atomic E-state index is 0.298. The molecule has 0 bridgehead atoms. The number of carboxylic acids is 1. The molecular weight excluding hydrogens is 391 g/mol. The molecule has 2 aromatic rings.